The van der Waals surface area contributed by atoms with E-state index in [1.165, 1.54) is 18.1 Å². The average Bonchev–Trinajstić information content (AvgIpc) is 2.91. The van der Waals surface area contributed by atoms with Crippen LogP contribution in [0.25, 0.3) is 5.69 Å². The first-order valence-electron chi connectivity index (χ1n) is 5.45. The van der Waals surface area contributed by atoms with Gasteiger partial charge in [-0.05, 0) is 22.6 Å². The van der Waals surface area contributed by atoms with Gasteiger partial charge >= 0.3 is 0 Å². The number of hydrogen-bond donors (Lipinski definition) is 3. The Labute approximate surface area is 113 Å². The van der Waals surface area contributed by atoms with Gasteiger partial charge in [0.15, 0.2) is 5.96 Å². The van der Waals surface area contributed by atoms with Gasteiger partial charge in [-0.25, -0.2) is 4.99 Å². The molecule has 0 radical (unpaired) electrons. The third-order valence-corrected chi connectivity index (χ3v) is 2.25. The maximum Gasteiger partial charge on any atom is 0.223 e. The lowest BCUT2D eigenvalue weighted by Crippen LogP contribution is -2.26. The number of benzene rings is 1. The highest BCUT2D eigenvalue weighted by Gasteiger charge is 2.07. The lowest BCUT2D eigenvalue weighted by molar-refractivity contribution is 0.411. The van der Waals surface area contributed by atoms with Gasteiger partial charge in [0, 0.05) is 6.07 Å². The van der Waals surface area contributed by atoms with Crippen LogP contribution in [-0.2, 0) is 0 Å². The van der Waals surface area contributed by atoms with Crippen LogP contribution in [0.3, 0.4) is 0 Å². The van der Waals surface area contributed by atoms with Crippen LogP contribution in [0, 0.1) is 0 Å². The molecular formula is C10H13N9O. The van der Waals surface area contributed by atoms with Crippen molar-refractivity contribution in [2.75, 3.05) is 7.11 Å². The maximum atomic E-state index is 5.55. The largest absolute Gasteiger partial charge is 0.494 e. The zero-order valence-electron chi connectivity index (χ0n) is 10.6. The van der Waals surface area contributed by atoms with E-state index in [0.29, 0.717) is 17.1 Å². The molecule has 0 aliphatic rings. The summed E-state index contributed by atoms with van der Waals surface area (Å²) in [5, 5.41) is 10.9. The molecule has 0 spiro atoms. The summed E-state index contributed by atoms with van der Waals surface area (Å²) in [5.74, 6) is 0.307. The quantitative estimate of drug-likeness (QED) is 0.473. The lowest BCUT2D eigenvalue weighted by Gasteiger charge is -2.07. The Morgan fingerprint density at radius 2 is 2.10 bits per heavy atom. The number of rotatable bonds is 3. The second kappa shape index (κ2) is 5.65. The SMILES string of the molecule is COc1cc(N=C(N)N=C(N)N)ccc1-n1cnnn1. The van der Waals surface area contributed by atoms with Crippen molar-refractivity contribution >= 4 is 17.6 Å². The molecule has 0 amide bonds. The normalized spacial score (nSPS) is 11.2. The highest BCUT2D eigenvalue weighted by Crippen LogP contribution is 2.27. The number of tetrazole rings is 1. The van der Waals surface area contributed by atoms with Crippen molar-refractivity contribution in [2.24, 2.45) is 27.2 Å². The molecule has 1 aromatic heterocycles. The van der Waals surface area contributed by atoms with Gasteiger partial charge in [0.05, 0.1) is 12.8 Å². The van der Waals surface area contributed by atoms with E-state index < -0.39 is 0 Å². The number of aromatic nitrogens is 4. The fourth-order valence-electron chi connectivity index (χ4n) is 1.49. The summed E-state index contributed by atoms with van der Waals surface area (Å²) in [4.78, 5) is 7.66. The first kappa shape index (κ1) is 13.3. The highest BCUT2D eigenvalue weighted by atomic mass is 16.5. The predicted octanol–water partition coefficient (Wildman–Crippen LogP) is -1.11. The molecule has 20 heavy (non-hydrogen) atoms. The summed E-state index contributed by atoms with van der Waals surface area (Å²) in [5.41, 5.74) is 17.2. The third-order valence-electron chi connectivity index (χ3n) is 2.25. The molecule has 10 nitrogen and oxygen atoms in total. The van der Waals surface area contributed by atoms with Gasteiger partial charge in [0.25, 0.3) is 0 Å². The molecule has 2 rings (SSSR count). The summed E-state index contributed by atoms with van der Waals surface area (Å²) < 4.78 is 6.72. The van der Waals surface area contributed by atoms with Crippen molar-refractivity contribution < 1.29 is 4.74 Å². The molecule has 104 valence electrons. The van der Waals surface area contributed by atoms with E-state index in [9.17, 15) is 0 Å². The van der Waals surface area contributed by atoms with Crippen molar-refractivity contribution in [1.82, 2.24) is 20.2 Å². The van der Waals surface area contributed by atoms with Gasteiger partial charge < -0.3 is 21.9 Å². The van der Waals surface area contributed by atoms with Crippen LogP contribution < -0.4 is 21.9 Å². The fraction of sp³-hybridized carbons (Fsp3) is 0.100. The Morgan fingerprint density at radius 3 is 2.70 bits per heavy atom. The summed E-state index contributed by atoms with van der Waals surface area (Å²) in [6.07, 6.45) is 1.45. The molecular weight excluding hydrogens is 262 g/mol. The third kappa shape index (κ3) is 2.98. The second-order valence-corrected chi connectivity index (χ2v) is 3.62. The van der Waals surface area contributed by atoms with Crippen LogP contribution in [0.1, 0.15) is 0 Å². The van der Waals surface area contributed by atoms with Crippen LogP contribution >= 0.6 is 0 Å². The molecule has 0 atom stereocenters. The predicted molar refractivity (Wildman–Crippen MR) is 72.8 cm³/mol. The lowest BCUT2D eigenvalue weighted by atomic mass is 10.2. The molecule has 6 N–H and O–H groups in total. The zero-order chi connectivity index (χ0) is 14.5. The van der Waals surface area contributed by atoms with Crippen molar-refractivity contribution in [3.05, 3.63) is 24.5 Å². The minimum atomic E-state index is -0.163. The van der Waals surface area contributed by atoms with E-state index >= 15 is 0 Å². The number of nitrogens with two attached hydrogens (primary N) is 3. The van der Waals surface area contributed by atoms with E-state index in [1.54, 1.807) is 18.2 Å². The van der Waals surface area contributed by atoms with Crippen molar-refractivity contribution in [2.45, 2.75) is 0 Å². The molecule has 0 bridgehead atoms. The van der Waals surface area contributed by atoms with E-state index in [1.807, 2.05) is 0 Å². The molecule has 2 aromatic rings. The molecule has 0 fully saturated rings. The summed E-state index contributed by atoms with van der Waals surface area (Å²) in [6.45, 7) is 0. The summed E-state index contributed by atoms with van der Waals surface area (Å²) >= 11 is 0. The van der Waals surface area contributed by atoms with Crippen molar-refractivity contribution in [3.63, 3.8) is 0 Å². The number of aliphatic imine (C=N–C) groups is 2. The van der Waals surface area contributed by atoms with E-state index in [4.69, 9.17) is 21.9 Å². The van der Waals surface area contributed by atoms with E-state index in [2.05, 4.69) is 25.5 Å². The molecule has 10 heteroatoms. The van der Waals surface area contributed by atoms with Gasteiger partial charge in [0.1, 0.15) is 17.8 Å². The number of ether oxygens (including phenoxy) is 1. The molecule has 0 aliphatic carbocycles. The fourth-order valence-corrected chi connectivity index (χ4v) is 1.49. The van der Waals surface area contributed by atoms with Crippen molar-refractivity contribution in [3.8, 4) is 11.4 Å². The first-order valence-corrected chi connectivity index (χ1v) is 5.45. The monoisotopic (exact) mass is 275 g/mol. The van der Waals surface area contributed by atoms with Gasteiger partial charge in [-0.3, -0.25) is 0 Å². The Bertz CT molecular complexity index is 643. The van der Waals surface area contributed by atoms with E-state index in [0.717, 1.165) is 0 Å². The topological polar surface area (TPSA) is 156 Å². The van der Waals surface area contributed by atoms with Crippen LogP contribution in [0.5, 0.6) is 5.75 Å². The molecule has 1 heterocycles. The first-order chi connectivity index (χ1) is 9.60. The maximum absolute atomic E-state index is 5.55. The Morgan fingerprint density at radius 1 is 1.30 bits per heavy atom. The number of guanidine groups is 2. The van der Waals surface area contributed by atoms with Crippen LogP contribution in [0.4, 0.5) is 5.69 Å². The van der Waals surface area contributed by atoms with Gasteiger partial charge in [0.2, 0.25) is 5.96 Å². The van der Waals surface area contributed by atoms with Gasteiger partial charge in [-0.15, -0.1) is 5.10 Å². The second-order valence-electron chi connectivity index (χ2n) is 3.62. The minimum absolute atomic E-state index is 0.0535. The van der Waals surface area contributed by atoms with Crippen LogP contribution in [0.15, 0.2) is 34.5 Å². The summed E-state index contributed by atoms with van der Waals surface area (Å²) in [6, 6.07) is 5.09. The zero-order valence-corrected chi connectivity index (χ0v) is 10.6. The number of nitrogens with zero attached hydrogens (tertiary/aromatic N) is 6. The standard InChI is InChI=1S/C10H13N9O/c1-20-8-4-6(15-10(13)16-9(11)12)2-3-7(8)19-5-14-17-18-19/h2-5H,1H3,(H6,11,12,13,15,16). The molecule has 0 unspecified atom stereocenters. The molecule has 0 aliphatic heterocycles. The Balaban J connectivity index is 2.38. The van der Waals surface area contributed by atoms with E-state index in [-0.39, 0.29) is 11.9 Å². The highest BCUT2D eigenvalue weighted by molar-refractivity contribution is 5.93. The number of hydrogen-bond acceptors (Lipinski definition) is 5. The van der Waals surface area contributed by atoms with Crippen LogP contribution in [-0.4, -0.2) is 39.2 Å². The Kier molecular flexibility index (Phi) is 3.75. The molecule has 0 saturated heterocycles. The smallest absolute Gasteiger partial charge is 0.223 e. The molecule has 1 aromatic carbocycles. The Hall–Kier alpha value is -3.17. The summed E-state index contributed by atoms with van der Waals surface area (Å²) in [7, 11) is 1.52. The number of methoxy groups -OCH3 is 1. The van der Waals surface area contributed by atoms with Crippen LogP contribution in [0.2, 0.25) is 0 Å². The van der Waals surface area contributed by atoms with Gasteiger partial charge in [-0.2, -0.15) is 9.67 Å². The van der Waals surface area contributed by atoms with Crippen molar-refractivity contribution in [1.29, 1.82) is 0 Å². The van der Waals surface area contributed by atoms with Gasteiger partial charge in [-0.1, -0.05) is 0 Å². The minimum Gasteiger partial charge on any atom is -0.494 e. The molecule has 0 saturated carbocycles. The average molecular weight is 275 g/mol.